The van der Waals surface area contributed by atoms with Gasteiger partial charge in [-0.3, -0.25) is 4.79 Å². The summed E-state index contributed by atoms with van der Waals surface area (Å²) in [6.07, 6.45) is 3.57. The molecule has 0 saturated heterocycles. The van der Waals surface area contributed by atoms with Gasteiger partial charge in [0.05, 0.1) is 5.92 Å². The Balaban J connectivity index is 1.40. The Hall–Kier alpha value is -2.99. The fourth-order valence-corrected chi connectivity index (χ4v) is 3.63. The van der Waals surface area contributed by atoms with Gasteiger partial charge in [0.25, 0.3) is 5.89 Å². The summed E-state index contributed by atoms with van der Waals surface area (Å²) in [6.45, 7) is 2.86. The van der Waals surface area contributed by atoms with Crippen LogP contribution < -0.4 is 5.32 Å². The maximum absolute atomic E-state index is 10.9. The summed E-state index contributed by atoms with van der Waals surface area (Å²) in [6, 6.07) is 16.5. The van der Waals surface area contributed by atoms with E-state index in [0.717, 1.165) is 29.5 Å². The van der Waals surface area contributed by atoms with E-state index in [1.54, 1.807) is 0 Å². The van der Waals surface area contributed by atoms with Crippen molar-refractivity contribution >= 4 is 5.97 Å². The van der Waals surface area contributed by atoms with Crippen molar-refractivity contribution in [3.8, 4) is 22.8 Å². The number of aliphatic carboxylic acids is 1. The van der Waals surface area contributed by atoms with Crippen LogP contribution in [-0.4, -0.2) is 27.3 Å². The number of aryl methyl sites for hydroxylation is 1. The maximum atomic E-state index is 10.9. The number of aromatic nitrogens is 2. The number of carbonyl (C=O) groups is 1. The number of rotatable bonds is 8. The van der Waals surface area contributed by atoms with Gasteiger partial charge >= 0.3 is 5.97 Å². The van der Waals surface area contributed by atoms with Gasteiger partial charge in [-0.05, 0) is 48.6 Å². The first-order valence-electron chi connectivity index (χ1n) is 10.1. The van der Waals surface area contributed by atoms with Crippen LogP contribution >= 0.6 is 0 Å². The summed E-state index contributed by atoms with van der Waals surface area (Å²) in [7, 11) is 0. The van der Waals surface area contributed by atoms with Crippen LogP contribution in [0.5, 0.6) is 0 Å². The van der Waals surface area contributed by atoms with Gasteiger partial charge in [0, 0.05) is 23.7 Å². The fraction of sp³-hybridized carbons (Fsp3) is 0.348. The number of nitrogens with zero attached hydrogens (tertiary/aromatic N) is 2. The SMILES string of the molecule is CCCc1ccc(-c2nc(-c3cccc(CNC4CC(C(=O)O)C4)c3)no2)cc1. The lowest BCUT2D eigenvalue weighted by atomic mass is 9.80. The monoisotopic (exact) mass is 391 g/mol. The van der Waals surface area contributed by atoms with Crippen molar-refractivity contribution in [2.75, 3.05) is 0 Å². The first-order valence-corrected chi connectivity index (χ1v) is 10.1. The number of benzene rings is 2. The van der Waals surface area contributed by atoms with Crippen molar-refractivity contribution in [2.45, 2.75) is 45.2 Å². The first kappa shape index (κ1) is 19.3. The molecule has 1 saturated carbocycles. The molecule has 1 fully saturated rings. The Morgan fingerprint density at radius 1 is 1.14 bits per heavy atom. The second kappa shape index (κ2) is 8.57. The molecule has 0 radical (unpaired) electrons. The minimum Gasteiger partial charge on any atom is -0.481 e. The molecule has 1 aliphatic carbocycles. The smallest absolute Gasteiger partial charge is 0.306 e. The normalized spacial score (nSPS) is 18.4. The predicted molar refractivity (Wildman–Crippen MR) is 110 cm³/mol. The molecule has 3 aromatic rings. The molecule has 4 rings (SSSR count). The molecule has 2 aromatic carbocycles. The minimum absolute atomic E-state index is 0.201. The van der Waals surface area contributed by atoms with E-state index in [-0.39, 0.29) is 12.0 Å². The molecule has 6 nitrogen and oxygen atoms in total. The van der Waals surface area contributed by atoms with Crippen molar-refractivity contribution in [3.05, 3.63) is 59.7 Å². The molecule has 1 aromatic heterocycles. The average molecular weight is 391 g/mol. The number of carboxylic acids is 1. The standard InChI is InChI=1S/C23H25N3O3/c1-2-4-15-7-9-17(10-8-15)22-25-21(26-29-22)18-6-3-5-16(11-18)14-24-20-12-19(13-20)23(27)28/h3,5-11,19-20,24H,2,4,12-14H2,1H3,(H,27,28). The van der Waals surface area contributed by atoms with Gasteiger partial charge in [-0.15, -0.1) is 0 Å². The van der Waals surface area contributed by atoms with E-state index in [0.29, 0.717) is 31.1 Å². The van der Waals surface area contributed by atoms with Gasteiger partial charge in [0.15, 0.2) is 0 Å². The Kier molecular flexibility index (Phi) is 5.71. The fourth-order valence-electron chi connectivity index (χ4n) is 3.63. The summed E-state index contributed by atoms with van der Waals surface area (Å²) in [4.78, 5) is 15.5. The molecule has 1 heterocycles. The van der Waals surface area contributed by atoms with Crippen molar-refractivity contribution in [1.29, 1.82) is 0 Å². The van der Waals surface area contributed by atoms with Gasteiger partial charge in [-0.1, -0.05) is 48.8 Å². The molecule has 0 amide bonds. The third kappa shape index (κ3) is 4.54. The molecular weight excluding hydrogens is 366 g/mol. The van der Waals surface area contributed by atoms with Gasteiger partial charge in [-0.25, -0.2) is 0 Å². The molecule has 29 heavy (non-hydrogen) atoms. The molecular formula is C23H25N3O3. The van der Waals surface area contributed by atoms with Crippen LogP contribution in [0.15, 0.2) is 53.1 Å². The first-order chi connectivity index (χ1) is 14.1. The molecule has 0 atom stereocenters. The van der Waals surface area contributed by atoms with Crippen molar-refractivity contribution in [1.82, 2.24) is 15.5 Å². The van der Waals surface area contributed by atoms with Crippen LogP contribution in [0.3, 0.4) is 0 Å². The van der Waals surface area contributed by atoms with Gasteiger partial charge in [-0.2, -0.15) is 4.98 Å². The highest BCUT2D eigenvalue weighted by atomic mass is 16.5. The highest BCUT2D eigenvalue weighted by Crippen LogP contribution is 2.28. The Labute approximate surface area is 170 Å². The van der Waals surface area contributed by atoms with E-state index in [2.05, 4.69) is 34.5 Å². The third-order valence-corrected chi connectivity index (χ3v) is 5.43. The Morgan fingerprint density at radius 3 is 2.66 bits per heavy atom. The highest BCUT2D eigenvalue weighted by Gasteiger charge is 2.33. The Morgan fingerprint density at radius 2 is 1.93 bits per heavy atom. The van der Waals surface area contributed by atoms with Crippen LogP contribution in [-0.2, 0) is 17.8 Å². The number of nitrogens with one attached hydrogen (secondary N) is 1. The second-order valence-corrected chi connectivity index (χ2v) is 7.65. The summed E-state index contributed by atoms with van der Waals surface area (Å²) >= 11 is 0. The summed E-state index contributed by atoms with van der Waals surface area (Å²) < 4.78 is 5.47. The lowest BCUT2D eigenvalue weighted by molar-refractivity contribution is -0.145. The van der Waals surface area contributed by atoms with E-state index < -0.39 is 5.97 Å². The molecule has 0 spiro atoms. The van der Waals surface area contributed by atoms with Crippen molar-refractivity contribution < 1.29 is 14.4 Å². The highest BCUT2D eigenvalue weighted by molar-refractivity contribution is 5.71. The van der Waals surface area contributed by atoms with Crippen LogP contribution in [0.25, 0.3) is 22.8 Å². The van der Waals surface area contributed by atoms with E-state index in [4.69, 9.17) is 9.63 Å². The minimum atomic E-state index is -0.696. The zero-order valence-electron chi connectivity index (χ0n) is 16.5. The van der Waals surface area contributed by atoms with Crippen molar-refractivity contribution in [3.63, 3.8) is 0 Å². The van der Waals surface area contributed by atoms with E-state index in [1.165, 1.54) is 5.56 Å². The van der Waals surface area contributed by atoms with Crippen LogP contribution in [0.2, 0.25) is 0 Å². The Bertz CT molecular complexity index is 975. The van der Waals surface area contributed by atoms with E-state index in [9.17, 15) is 4.79 Å². The molecule has 0 bridgehead atoms. The molecule has 0 unspecified atom stereocenters. The molecule has 2 N–H and O–H groups in total. The summed E-state index contributed by atoms with van der Waals surface area (Å²) in [5, 5.41) is 16.5. The predicted octanol–water partition coefficient (Wildman–Crippen LogP) is 4.31. The zero-order valence-corrected chi connectivity index (χ0v) is 16.5. The van der Waals surface area contributed by atoms with Gasteiger partial charge in [0.1, 0.15) is 0 Å². The summed E-state index contributed by atoms with van der Waals surface area (Å²) in [5.74, 6) is 0.181. The number of hydrogen-bond acceptors (Lipinski definition) is 5. The molecule has 1 aliphatic rings. The third-order valence-electron chi connectivity index (χ3n) is 5.43. The van der Waals surface area contributed by atoms with Crippen LogP contribution in [0.1, 0.15) is 37.3 Å². The average Bonchev–Trinajstić information content (AvgIpc) is 3.18. The summed E-state index contributed by atoms with van der Waals surface area (Å²) in [5.41, 5.74) is 4.23. The van der Waals surface area contributed by atoms with Crippen LogP contribution in [0, 0.1) is 5.92 Å². The van der Waals surface area contributed by atoms with Gasteiger partial charge < -0.3 is 14.9 Å². The van der Waals surface area contributed by atoms with Gasteiger partial charge in [0.2, 0.25) is 5.82 Å². The van der Waals surface area contributed by atoms with E-state index >= 15 is 0 Å². The lowest BCUT2D eigenvalue weighted by Crippen LogP contribution is -2.43. The zero-order chi connectivity index (χ0) is 20.2. The second-order valence-electron chi connectivity index (χ2n) is 7.65. The topological polar surface area (TPSA) is 88.2 Å². The molecule has 6 heteroatoms. The van der Waals surface area contributed by atoms with Crippen LogP contribution in [0.4, 0.5) is 0 Å². The lowest BCUT2D eigenvalue weighted by Gasteiger charge is -2.33. The van der Waals surface area contributed by atoms with Crippen molar-refractivity contribution in [2.24, 2.45) is 5.92 Å². The largest absolute Gasteiger partial charge is 0.481 e. The maximum Gasteiger partial charge on any atom is 0.306 e. The van der Waals surface area contributed by atoms with E-state index in [1.807, 2.05) is 36.4 Å². The quantitative estimate of drug-likeness (QED) is 0.595. The molecule has 150 valence electrons. The molecule has 0 aliphatic heterocycles. The number of carboxylic acid groups (broad SMARTS) is 1. The number of hydrogen-bond donors (Lipinski definition) is 2.